The molecule has 1 heterocycles. The van der Waals surface area contributed by atoms with Crippen molar-refractivity contribution in [2.75, 3.05) is 0 Å². The number of rotatable bonds is 1. The molecule has 0 unspecified atom stereocenters. The third kappa shape index (κ3) is 4.96. The first kappa shape index (κ1) is 11.4. The van der Waals surface area contributed by atoms with Crippen LogP contribution in [0.1, 0.15) is 25.5 Å². The average Bonchev–Trinajstić information content (AvgIpc) is 2.33. The van der Waals surface area contributed by atoms with E-state index in [-0.39, 0.29) is 0 Å². The van der Waals surface area contributed by atoms with E-state index in [1.165, 1.54) is 0 Å². The summed E-state index contributed by atoms with van der Waals surface area (Å²) in [5.41, 5.74) is 1.16. The molecule has 0 spiro atoms. The van der Waals surface area contributed by atoms with E-state index in [4.69, 9.17) is 0 Å². The number of hydrogen-bond donors (Lipinski definition) is 0. The molecule has 78 valence electrons. The minimum Gasteiger partial charge on any atom is -0.261 e. The fraction of sp³-hybridized carbons (Fsp3) is 0.214. The lowest BCUT2D eigenvalue weighted by Crippen LogP contribution is -1.88. The topological polar surface area (TPSA) is 12.9 Å². The molecule has 0 radical (unpaired) electrons. The van der Waals surface area contributed by atoms with Gasteiger partial charge in [-0.3, -0.25) is 4.98 Å². The minimum atomic E-state index is 0.547. The summed E-state index contributed by atoms with van der Waals surface area (Å²) in [6.45, 7) is 4.28. The van der Waals surface area contributed by atoms with Gasteiger partial charge in [0.15, 0.2) is 0 Å². The Balaban J connectivity index is 0.000000162. The second-order valence-electron chi connectivity index (χ2n) is 3.56. The molecule has 2 rings (SSSR count). The van der Waals surface area contributed by atoms with Crippen molar-refractivity contribution in [2.45, 2.75) is 19.8 Å². The molecule has 0 N–H and O–H groups in total. The van der Waals surface area contributed by atoms with E-state index in [0.29, 0.717) is 5.92 Å². The van der Waals surface area contributed by atoms with Gasteiger partial charge in [0.05, 0.1) is 0 Å². The molecule has 0 fully saturated rings. The molecule has 1 heteroatoms. The van der Waals surface area contributed by atoms with Crippen LogP contribution in [0.5, 0.6) is 0 Å². The van der Waals surface area contributed by atoms with Crippen molar-refractivity contribution in [3.63, 3.8) is 0 Å². The molecule has 1 aromatic heterocycles. The highest BCUT2D eigenvalue weighted by Crippen LogP contribution is 2.08. The van der Waals surface area contributed by atoms with Crippen molar-refractivity contribution < 1.29 is 0 Å². The Kier molecular flexibility index (Phi) is 5.16. The number of pyridine rings is 1. The number of nitrogens with zero attached hydrogens (tertiary/aromatic N) is 1. The Morgan fingerprint density at radius 1 is 0.800 bits per heavy atom. The zero-order chi connectivity index (χ0) is 10.9. The van der Waals surface area contributed by atoms with E-state index in [2.05, 4.69) is 18.8 Å². The predicted octanol–water partition coefficient (Wildman–Crippen LogP) is 3.89. The summed E-state index contributed by atoms with van der Waals surface area (Å²) in [7, 11) is 0. The Bertz CT molecular complexity index is 314. The van der Waals surface area contributed by atoms with Crippen LogP contribution in [0.3, 0.4) is 0 Å². The molecule has 0 aliphatic carbocycles. The molecule has 0 aliphatic heterocycles. The molecule has 1 nitrogen and oxygen atoms in total. The van der Waals surface area contributed by atoms with Gasteiger partial charge >= 0.3 is 0 Å². The summed E-state index contributed by atoms with van der Waals surface area (Å²) in [4.78, 5) is 4.18. The quantitative estimate of drug-likeness (QED) is 0.679. The fourth-order valence-corrected chi connectivity index (χ4v) is 1.10. The lowest BCUT2D eigenvalue weighted by Gasteiger charge is -2.00. The molecule has 15 heavy (non-hydrogen) atoms. The fourth-order valence-electron chi connectivity index (χ4n) is 1.10. The lowest BCUT2D eigenvalue weighted by atomic mass is 10.1. The van der Waals surface area contributed by atoms with E-state index in [1.54, 1.807) is 0 Å². The molecular weight excluding hydrogens is 182 g/mol. The SMILES string of the molecule is CC(C)c1ccccn1.c1ccccc1. The van der Waals surface area contributed by atoms with Crippen LogP contribution in [-0.2, 0) is 0 Å². The van der Waals surface area contributed by atoms with E-state index < -0.39 is 0 Å². The standard InChI is InChI=1S/C8H11N.C6H6/c1-7(2)8-5-3-4-6-9-8;1-2-4-6-5-3-1/h3-7H,1-2H3;1-6H. The van der Waals surface area contributed by atoms with Gasteiger partial charge in [0.1, 0.15) is 0 Å². The highest BCUT2D eigenvalue weighted by atomic mass is 14.7. The van der Waals surface area contributed by atoms with Crippen LogP contribution in [-0.4, -0.2) is 4.98 Å². The van der Waals surface area contributed by atoms with Gasteiger partial charge in [-0.05, 0) is 18.1 Å². The molecule has 0 aliphatic rings. The maximum absolute atomic E-state index is 4.18. The van der Waals surface area contributed by atoms with E-state index in [1.807, 2.05) is 60.8 Å². The van der Waals surface area contributed by atoms with Gasteiger partial charge in [0, 0.05) is 11.9 Å². The third-order valence-electron chi connectivity index (χ3n) is 1.95. The normalized spacial score (nSPS) is 9.27. The van der Waals surface area contributed by atoms with Gasteiger partial charge in [-0.25, -0.2) is 0 Å². The van der Waals surface area contributed by atoms with Crippen LogP contribution in [0.2, 0.25) is 0 Å². The van der Waals surface area contributed by atoms with Gasteiger partial charge in [0.2, 0.25) is 0 Å². The summed E-state index contributed by atoms with van der Waals surface area (Å²) in [6.07, 6.45) is 1.83. The van der Waals surface area contributed by atoms with Crippen LogP contribution in [0.15, 0.2) is 60.8 Å². The van der Waals surface area contributed by atoms with Crippen molar-refractivity contribution in [1.29, 1.82) is 0 Å². The van der Waals surface area contributed by atoms with Crippen LogP contribution in [0, 0.1) is 0 Å². The van der Waals surface area contributed by atoms with Crippen molar-refractivity contribution in [2.24, 2.45) is 0 Å². The van der Waals surface area contributed by atoms with Crippen LogP contribution < -0.4 is 0 Å². The molecule has 2 aromatic rings. The Hall–Kier alpha value is -1.63. The summed E-state index contributed by atoms with van der Waals surface area (Å²) < 4.78 is 0. The van der Waals surface area contributed by atoms with Gasteiger partial charge < -0.3 is 0 Å². The second-order valence-corrected chi connectivity index (χ2v) is 3.56. The van der Waals surface area contributed by atoms with Crippen molar-refractivity contribution in [1.82, 2.24) is 4.98 Å². The first-order valence-electron chi connectivity index (χ1n) is 5.21. The molecule has 1 aromatic carbocycles. The first-order valence-corrected chi connectivity index (χ1v) is 5.21. The summed E-state index contributed by atoms with van der Waals surface area (Å²) in [5, 5.41) is 0. The monoisotopic (exact) mass is 199 g/mol. The molecule has 0 atom stereocenters. The van der Waals surface area contributed by atoms with Crippen LogP contribution in [0.25, 0.3) is 0 Å². The smallest absolute Gasteiger partial charge is 0.0428 e. The van der Waals surface area contributed by atoms with Gasteiger partial charge in [-0.2, -0.15) is 0 Å². The maximum atomic E-state index is 4.18. The summed E-state index contributed by atoms with van der Waals surface area (Å²) in [5.74, 6) is 0.547. The summed E-state index contributed by atoms with van der Waals surface area (Å²) >= 11 is 0. The molecule has 0 amide bonds. The summed E-state index contributed by atoms with van der Waals surface area (Å²) in [6, 6.07) is 18.0. The second kappa shape index (κ2) is 6.77. The molecule has 0 saturated heterocycles. The van der Waals surface area contributed by atoms with Crippen molar-refractivity contribution in [3.05, 3.63) is 66.5 Å². The third-order valence-corrected chi connectivity index (χ3v) is 1.95. The molecule has 0 bridgehead atoms. The highest BCUT2D eigenvalue weighted by molar-refractivity contribution is 5.06. The van der Waals surface area contributed by atoms with Crippen LogP contribution in [0.4, 0.5) is 0 Å². The number of benzene rings is 1. The van der Waals surface area contributed by atoms with Gasteiger partial charge in [0.25, 0.3) is 0 Å². The highest BCUT2D eigenvalue weighted by Gasteiger charge is 1.95. The predicted molar refractivity (Wildman–Crippen MR) is 64.8 cm³/mol. The molecular formula is C14H17N. The first-order chi connectivity index (χ1) is 7.30. The number of aromatic nitrogens is 1. The van der Waals surface area contributed by atoms with Crippen LogP contribution >= 0.6 is 0 Å². The Morgan fingerprint density at radius 2 is 1.33 bits per heavy atom. The van der Waals surface area contributed by atoms with Gasteiger partial charge in [-0.1, -0.05) is 56.3 Å². The maximum Gasteiger partial charge on any atom is 0.0428 e. The van der Waals surface area contributed by atoms with E-state index in [0.717, 1.165) is 5.69 Å². The zero-order valence-electron chi connectivity index (χ0n) is 9.30. The molecule has 0 saturated carbocycles. The minimum absolute atomic E-state index is 0.547. The lowest BCUT2D eigenvalue weighted by molar-refractivity contribution is 0.823. The number of hydrogen-bond acceptors (Lipinski definition) is 1. The zero-order valence-corrected chi connectivity index (χ0v) is 9.30. The average molecular weight is 199 g/mol. The largest absolute Gasteiger partial charge is 0.261 e. The Labute approximate surface area is 91.8 Å². The van der Waals surface area contributed by atoms with Gasteiger partial charge in [-0.15, -0.1) is 0 Å². The van der Waals surface area contributed by atoms with Crippen molar-refractivity contribution >= 4 is 0 Å². The van der Waals surface area contributed by atoms with E-state index in [9.17, 15) is 0 Å². The van der Waals surface area contributed by atoms with Crippen molar-refractivity contribution in [3.8, 4) is 0 Å². The Morgan fingerprint density at radius 3 is 1.60 bits per heavy atom. The van der Waals surface area contributed by atoms with E-state index >= 15 is 0 Å².